The zero-order valence-electron chi connectivity index (χ0n) is 19.4. The van der Waals surface area contributed by atoms with Crippen molar-refractivity contribution in [2.45, 2.75) is 6.92 Å². The van der Waals surface area contributed by atoms with Crippen LogP contribution in [0.2, 0.25) is 5.02 Å². The zero-order chi connectivity index (χ0) is 25.6. The number of carbonyl (C=O) groups is 2. The van der Waals surface area contributed by atoms with E-state index in [0.717, 1.165) is 0 Å². The summed E-state index contributed by atoms with van der Waals surface area (Å²) in [5.41, 5.74) is 0.921. The number of amides is 1. The highest BCUT2D eigenvalue weighted by molar-refractivity contribution is 6.33. The van der Waals surface area contributed by atoms with Crippen LogP contribution in [0.4, 0.5) is 0 Å². The van der Waals surface area contributed by atoms with Gasteiger partial charge in [0.1, 0.15) is 33.9 Å². The van der Waals surface area contributed by atoms with Gasteiger partial charge in [0.2, 0.25) is 0 Å². The molecule has 11 heteroatoms. The van der Waals surface area contributed by atoms with Gasteiger partial charge in [0.25, 0.3) is 11.5 Å². The van der Waals surface area contributed by atoms with E-state index in [1.165, 1.54) is 22.1 Å². The molecule has 0 saturated carbocycles. The summed E-state index contributed by atoms with van der Waals surface area (Å²) in [5.74, 6) is -1.27. The van der Waals surface area contributed by atoms with Crippen LogP contribution in [0.1, 0.15) is 26.5 Å². The van der Waals surface area contributed by atoms with Crippen molar-refractivity contribution in [3.8, 4) is 11.3 Å². The lowest BCUT2D eigenvalue weighted by molar-refractivity contribution is 0.0598. The summed E-state index contributed by atoms with van der Waals surface area (Å²) in [7, 11) is 2.76. The van der Waals surface area contributed by atoms with Gasteiger partial charge in [-0.3, -0.25) is 14.0 Å². The number of nitrogens with zero attached hydrogens (tertiary/aromatic N) is 5. The van der Waals surface area contributed by atoms with E-state index in [2.05, 4.69) is 15.1 Å². The Morgan fingerprint density at radius 2 is 1.89 bits per heavy atom. The van der Waals surface area contributed by atoms with Crippen molar-refractivity contribution in [1.82, 2.24) is 19.1 Å². The molecule has 10 nitrogen and oxygen atoms in total. The Morgan fingerprint density at radius 1 is 1.14 bits per heavy atom. The topological polar surface area (TPSA) is 121 Å². The van der Waals surface area contributed by atoms with E-state index in [0.29, 0.717) is 16.2 Å². The number of aryl methyl sites for hydroxylation is 2. The number of halogens is 1. The second-order valence-corrected chi connectivity index (χ2v) is 8.28. The molecule has 4 heterocycles. The molecular weight excluding hydrogens is 486 g/mol. The van der Waals surface area contributed by atoms with Crippen LogP contribution in [0.25, 0.3) is 27.9 Å². The molecule has 0 unspecified atom stereocenters. The monoisotopic (exact) mass is 503 g/mol. The normalized spacial score (nSPS) is 11.8. The van der Waals surface area contributed by atoms with Gasteiger partial charge < -0.3 is 13.8 Å². The number of ether oxygens (including phenoxy) is 1. The molecule has 0 fully saturated rings. The number of fused-ring (bicyclic) bond motifs is 2. The molecule has 0 bridgehead atoms. The van der Waals surface area contributed by atoms with Crippen molar-refractivity contribution in [1.29, 1.82) is 0 Å². The van der Waals surface area contributed by atoms with Gasteiger partial charge in [0.05, 0.1) is 17.5 Å². The third-order valence-corrected chi connectivity index (χ3v) is 6.06. The van der Waals surface area contributed by atoms with Crippen LogP contribution in [0, 0.1) is 6.92 Å². The average Bonchev–Trinajstić information content (AvgIpc) is 3.27. The van der Waals surface area contributed by atoms with Gasteiger partial charge >= 0.3 is 5.97 Å². The Morgan fingerprint density at radius 3 is 2.64 bits per heavy atom. The third kappa shape index (κ3) is 3.68. The number of aromatic nitrogens is 4. The fraction of sp³-hybridized carbons (Fsp3) is 0.120. The van der Waals surface area contributed by atoms with Gasteiger partial charge in [0, 0.05) is 18.8 Å². The minimum absolute atomic E-state index is 0.0442. The SMILES string of the molecule is COC(=O)c1cc2c(=O)n3ccccc3nc2n(C)c1=NC(=O)c1c(-c2ccccc2Cl)noc1C. The molecule has 0 aliphatic heterocycles. The van der Waals surface area contributed by atoms with Crippen LogP contribution in [0.3, 0.4) is 0 Å². The van der Waals surface area contributed by atoms with Crippen LogP contribution in [0.5, 0.6) is 0 Å². The maximum atomic E-state index is 13.5. The number of hydrogen-bond donors (Lipinski definition) is 0. The molecule has 1 aromatic carbocycles. The number of benzene rings is 1. The molecule has 36 heavy (non-hydrogen) atoms. The zero-order valence-corrected chi connectivity index (χ0v) is 20.1. The van der Waals surface area contributed by atoms with Gasteiger partial charge in [0.15, 0.2) is 5.49 Å². The van der Waals surface area contributed by atoms with Crippen LogP contribution >= 0.6 is 11.6 Å². The highest BCUT2D eigenvalue weighted by Crippen LogP contribution is 2.31. The predicted octanol–water partition coefficient (Wildman–Crippen LogP) is 3.33. The predicted molar refractivity (Wildman–Crippen MR) is 131 cm³/mol. The summed E-state index contributed by atoms with van der Waals surface area (Å²) < 4.78 is 13.0. The smallest absolute Gasteiger partial charge is 0.341 e. The van der Waals surface area contributed by atoms with E-state index >= 15 is 0 Å². The number of pyridine rings is 2. The number of hydrogen-bond acceptors (Lipinski definition) is 7. The molecular formula is C25H18ClN5O5. The molecule has 180 valence electrons. The van der Waals surface area contributed by atoms with Gasteiger partial charge in [-0.05, 0) is 31.2 Å². The first kappa shape index (κ1) is 23.2. The molecule has 5 aromatic rings. The van der Waals surface area contributed by atoms with Gasteiger partial charge in [-0.15, -0.1) is 0 Å². The molecule has 0 atom stereocenters. The Hall–Kier alpha value is -4.57. The first-order valence-corrected chi connectivity index (χ1v) is 11.1. The molecule has 4 aromatic heterocycles. The van der Waals surface area contributed by atoms with Crippen LogP contribution in [-0.2, 0) is 11.8 Å². The Bertz CT molecular complexity index is 1830. The summed E-state index contributed by atoms with van der Waals surface area (Å²) in [4.78, 5) is 48.1. The third-order valence-electron chi connectivity index (χ3n) is 5.73. The molecule has 0 spiro atoms. The Labute approximate surface area is 208 Å². The van der Waals surface area contributed by atoms with E-state index < -0.39 is 11.9 Å². The second-order valence-electron chi connectivity index (χ2n) is 7.87. The molecule has 1 amide bonds. The number of methoxy groups -OCH3 is 1. The maximum Gasteiger partial charge on any atom is 0.341 e. The first-order chi connectivity index (χ1) is 17.3. The molecule has 5 rings (SSSR count). The fourth-order valence-corrected chi connectivity index (χ4v) is 4.20. The number of carbonyl (C=O) groups excluding carboxylic acids is 2. The van der Waals surface area contributed by atoms with Crippen LogP contribution in [-0.4, -0.2) is 38.1 Å². The van der Waals surface area contributed by atoms with Crippen molar-refractivity contribution in [2.75, 3.05) is 7.11 Å². The fourth-order valence-electron chi connectivity index (χ4n) is 3.97. The van der Waals surface area contributed by atoms with Crippen molar-refractivity contribution in [3.05, 3.63) is 92.5 Å². The number of esters is 1. The Kier molecular flexibility index (Phi) is 5.73. The second kappa shape index (κ2) is 8.90. The molecule has 0 radical (unpaired) electrons. The highest BCUT2D eigenvalue weighted by Gasteiger charge is 2.24. The molecule has 0 N–H and O–H groups in total. The molecule has 0 aliphatic rings. The molecule has 0 saturated heterocycles. The van der Waals surface area contributed by atoms with Crippen molar-refractivity contribution in [3.63, 3.8) is 0 Å². The Balaban J connectivity index is 1.80. The lowest BCUT2D eigenvalue weighted by Crippen LogP contribution is -2.31. The number of rotatable bonds is 3. The minimum Gasteiger partial charge on any atom is -0.465 e. The van der Waals surface area contributed by atoms with E-state index in [1.54, 1.807) is 62.6 Å². The quantitative estimate of drug-likeness (QED) is 0.273. The van der Waals surface area contributed by atoms with E-state index in [-0.39, 0.29) is 44.7 Å². The maximum absolute atomic E-state index is 13.5. The summed E-state index contributed by atoms with van der Waals surface area (Å²) in [6.45, 7) is 1.58. The summed E-state index contributed by atoms with van der Waals surface area (Å²) in [6.07, 6.45) is 1.58. The summed E-state index contributed by atoms with van der Waals surface area (Å²) in [5, 5.41) is 4.54. The van der Waals surface area contributed by atoms with Crippen molar-refractivity contribution < 1.29 is 18.8 Å². The van der Waals surface area contributed by atoms with E-state index in [9.17, 15) is 14.4 Å². The summed E-state index contributed by atoms with van der Waals surface area (Å²) in [6, 6.07) is 13.3. The van der Waals surface area contributed by atoms with Crippen molar-refractivity contribution in [2.24, 2.45) is 12.0 Å². The lowest BCUT2D eigenvalue weighted by Gasteiger charge is -2.11. The minimum atomic E-state index is -0.773. The van der Waals surface area contributed by atoms with Crippen LogP contribution in [0.15, 0.2) is 69.0 Å². The summed E-state index contributed by atoms with van der Waals surface area (Å²) >= 11 is 6.31. The first-order valence-electron chi connectivity index (χ1n) is 10.7. The average molecular weight is 504 g/mol. The lowest BCUT2D eigenvalue weighted by atomic mass is 10.1. The van der Waals surface area contributed by atoms with Gasteiger partial charge in [-0.1, -0.05) is 41.0 Å². The van der Waals surface area contributed by atoms with Crippen LogP contribution < -0.4 is 11.0 Å². The highest BCUT2D eigenvalue weighted by atomic mass is 35.5. The molecule has 0 aliphatic carbocycles. The van der Waals surface area contributed by atoms with Gasteiger partial charge in [-0.25, -0.2) is 9.78 Å². The standard InChI is InChI=1S/C25H18ClN5O5/c1-13-19(20(29-36-13)14-8-4-5-9-17(14)26)23(32)28-22-16(25(34)35-3)12-15-21(30(22)2)27-18-10-6-7-11-31(18)24(15)33/h4-12H,1-3H3. The van der Waals surface area contributed by atoms with Gasteiger partial charge in [-0.2, -0.15) is 4.99 Å². The van der Waals surface area contributed by atoms with Crippen molar-refractivity contribution >= 4 is 40.2 Å². The van der Waals surface area contributed by atoms with E-state index in [4.69, 9.17) is 20.9 Å². The van der Waals surface area contributed by atoms with E-state index in [1.807, 2.05) is 0 Å². The largest absolute Gasteiger partial charge is 0.465 e.